The third kappa shape index (κ3) is 1.91. The summed E-state index contributed by atoms with van der Waals surface area (Å²) in [6.07, 6.45) is 2.07. The molecule has 2 saturated heterocycles. The summed E-state index contributed by atoms with van der Waals surface area (Å²) in [4.78, 5) is 13.6. The van der Waals surface area contributed by atoms with Crippen molar-refractivity contribution in [2.24, 2.45) is 5.92 Å². The molecule has 4 heteroatoms. The predicted octanol–water partition coefficient (Wildman–Crippen LogP) is -0.421. The first kappa shape index (κ1) is 9.93. The third-order valence-corrected chi connectivity index (χ3v) is 3.02. The number of hydrogen-bond acceptors (Lipinski definition) is 3. The zero-order valence-electron chi connectivity index (χ0n) is 8.62. The molecule has 2 rings (SSSR count). The monoisotopic (exact) mass is 198 g/mol. The average molecular weight is 198 g/mol. The smallest absolute Gasteiger partial charge is 0.227 e. The van der Waals surface area contributed by atoms with Crippen LogP contribution in [0.2, 0.25) is 0 Å². The molecule has 1 amide bonds. The van der Waals surface area contributed by atoms with E-state index in [-0.39, 0.29) is 11.8 Å². The number of rotatable bonds is 1. The number of aliphatic hydroxyl groups is 1. The molecule has 80 valence electrons. The quantitative estimate of drug-likeness (QED) is 0.601. The van der Waals surface area contributed by atoms with E-state index in [1.54, 1.807) is 11.8 Å². The van der Waals surface area contributed by atoms with Gasteiger partial charge in [0.25, 0.3) is 0 Å². The van der Waals surface area contributed by atoms with Gasteiger partial charge in [-0.1, -0.05) is 0 Å². The fraction of sp³-hybridized carbons (Fsp3) is 0.900. The Kier molecular flexibility index (Phi) is 2.49. The Labute approximate surface area is 84.3 Å². The summed E-state index contributed by atoms with van der Waals surface area (Å²) >= 11 is 0. The standard InChI is InChI=1S/C10H18N2O2/c1-10(14)6-12(7-10)9(13)8-3-2-4-11-5-8/h8,11,14H,2-7H2,1H3/t8-/m1/s1. The Bertz CT molecular complexity index is 226. The minimum atomic E-state index is -0.641. The summed E-state index contributed by atoms with van der Waals surface area (Å²) in [5.41, 5.74) is -0.641. The van der Waals surface area contributed by atoms with Gasteiger partial charge in [0.2, 0.25) is 5.91 Å². The summed E-state index contributed by atoms with van der Waals surface area (Å²) in [6, 6.07) is 0. The van der Waals surface area contributed by atoms with Gasteiger partial charge in [0.1, 0.15) is 0 Å². The number of nitrogens with one attached hydrogen (secondary N) is 1. The highest BCUT2D eigenvalue weighted by atomic mass is 16.3. The van der Waals surface area contributed by atoms with Crippen molar-refractivity contribution in [3.8, 4) is 0 Å². The number of carbonyl (C=O) groups excluding carboxylic acids is 1. The number of carbonyl (C=O) groups is 1. The number of likely N-dealkylation sites (tertiary alicyclic amines) is 1. The van der Waals surface area contributed by atoms with Gasteiger partial charge in [0.05, 0.1) is 24.6 Å². The van der Waals surface area contributed by atoms with Crippen molar-refractivity contribution in [2.75, 3.05) is 26.2 Å². The Morgan fingerprint density at radius 3 is 2.79 bits per heavy atom. The van der Waals surface area contributed by atoms with Crippen LogP contribution in [-0.2, 0) is 4.79 Å². The first-order valence-corrected chi connectivity index (χ1v) is 5.30. The maximum absolute atomic E-state index is 11.8. The molecule has 2 aliphatic rings. The van der Waals surface area contributed by atoms with Crippen LogP contribution in [0.4, 0.5) is 0 Å². The molecular weight excluding hydrogens is 180 g/mol. The van der Waals surface area contributed by atoms with Crippen LogP contribution < -0.4 is 5.32 Å². The van der Waals surface area contributed by atoms with Gasteiger partial charge in [0.15, 0.2) is 0 Å². The molecule has 0 aromatic heterocycles. The largest absolute Gasteiger partial charge is 0.386 e. The Hall–Kier alpha value is -0.610. The van der Waals surface area contributed by atoms with E-state index in [4.69, 9.17) is 0 Å². The highest BCUT2D eigenvalue weighted by Gasteiger charge is 2.41. The number of nitrogens with zero attached hydrogens (tertiary/aromatic N) is 1. The maximum atomic E-state index is 11.8. The first-order chi connectivity index (χ1) is 6.58. The third-order valence-electron chi connectivity index (χ3n) is 3.02. The Morgan fingerprint density at radius 2 is 2.29 bits per heavy atom. The van der Waals surface area contributed by atoms with E-state index in [0.717, 1.165) is 25.9 Å². The summed E-state index contributed by atoms with van der Waals surface area (Å²) in [7, 11) is 0. The highest BCUT2D eigenvalue weighted by Crippen LogP contribution is 2.23. The van der Waals surface area contributed by atoms with Gasteiger partial charge in [0, 0.05) is 6.54 Å². The zero-order valence-corrected chi connectivity index (χ0v) is 8.62. The van der Waals surface area contributed by atoms with Gasteiger partial charge in [-0.2, -0.15) is 0 Å². The van der Waals surface area contributed by atoms with Crippen LogP contribution in [0.15, 0.2) is 0 Å². The summed E-state index contributed by atoms with van der Waals surface area (Å²) in [6.45, 7) is 4.61. The molecule has 0 aromatic carbocycles. The normalized spacial score (nSPS) is 31.0. The average Bonchev–Trinajstić information content (AvgIpc) is 2.14. The van der Waals surface area contributed by atoms with Gasteiger partial charge >= 0.3 is 0 Å². The van der Waals surface area contributed by atoms with Gasteiger partial charge in [-0.25, -0.2) is 0 Å². The van der Waals surface area contributed by atoms with Gasteiger partial charge in [-0.3, -0.25) is 4.79 Å². The summed E-state index contributed by atoms with van der Waals surface area (Å²) < 4.78 is 0. The van der Waals surface area contributed by atoms with Gasteiger partial charge in [-0.15, -0.1) is 0 Å². The van der Waals surface area contributed by atoms with Crippen molar-refractivity contribution in [3.63, 3.8) is 0 Å². The molecule has 0 radical (unpaired) electrons. The Balaban J connectivity index is 1.84. The van der Waals surface area contributed by atoms with Crippen molar-refractivity contribution in [1.29, 1.82) is 0 Å². The lowest BCUT2D eigenvalue weighted by Crippen LogP contribution is -2.63. The van der Waals surface area contributed by atoms with Crippen molar-refractivity contribution in [1.82, 2.24) is 10.2 Å². The summed E-state index contributed by atoms with van der Waals surface area (Å²) in [5, 5.41) is 12.8. The van der Waals surface area contributed by atoms with E-state index in [1.165, 1.54) is 0 Å². The molecule has 0 spiro atoms. The fourth-order valence-corrected chi connectivity index (χ4v) is 2.25. The van der Waals surface area contributed by atoms with E-state index in [0.29, 0.717) is 13.1 Å². The highest BCUT2D eigenvalue weighted by molar-refractivity contribution is 5.80. The molecule has 0 aliphatic carbocycles. The molecule has 2 fully saturated rings. The predicted molar refractivity (Wildman–Crippen MR) is 52.8 cm³/mol. The topological polar surface area (TPSA) is 52.6 Å². The lowest BCUT2D eigenvalue weighted by atomic mass is 9.91. The van der Waals surface area contributed by atoms with Crippen LogP contribution in [0.5, 0.6) is 0 Å². The van der Waals surface area contributed by atoms with Crippen molar-refractivity contribution < 1.29 is 9.90 Å². The molecule has 2 aliphatic heterocycles. The molecule has 0 aromatic rings. The van der Waals surface area contributed by atoms with E-state index >= 15 is 0 Å². The van der Waals surface area contributed by atoms with E-state index < -0.39 is 5.60 Å². The second kappa shape index (κ2) is 3.51. The first-order valence-electron chi connectivity index (χ1n) is 5.30. The molecule has 14 heavy (non-hydrogen) atoms. The lowest BCUT2D eigenvalue weighted by molar-refractivity contribution is -0.157. The fourth-order valence-electron chi connectivity index (χ4n) is 2.25. The molecular formula is C10H18N2O2. The molecule has 0 saturated carbocycles. The molecule has 2 heterocycles. The van der Waals surface area contributed by atoms with Gasteiger partial charge < -0.3 is 15.3 Å². The SMILES string of the molecule is CC1(O)CN(C(=O)[C@@H]2CCCNC2)C1. The molecule has 1 atom stereocenters. The van der Waals surface area contributed by atoms with Crippen LogP contribution in [0, 0.1) is 5.92 Å². The Morgan fingerprint density at radius 1 is 1.57 bits per heavy atom. The number of hydrogen-bond donors (Lipinski definition) is 2. The second-order valence-electron chi connectivity index (χ2n) is 4.73. The number of β-amino-alcohol motifs (C(OH)–C–C–N with tert-alkyl or cyclic N) is 1. The second-order valence-corrected chi connectivity index (χ2v) is 4.73. The van der Waals surface area contributed by atoms with Gasteiger partial charge in [-0.05, 0) is 26.3 Å². The number of piperidine rings is 1. The van der Waals surface area contributed by atoms with E-state index in [1.807, 2.05) is 0 Å². The maximum Gasteiger partial charge on any atom is 0.227 e. The minimum Gasteiger partial charge on any atom is -0.386 e. The van der Waals surface area contributed by atoms with Crippen LogP contribution in [-0.4, -0.2) is 47.7 Å². The zero-order chi connectivity index (χ0) is 10.2. The van der Waals surface area contributed by atoms with Crippen LogP contribution in [0.1, 0.15) is 19.8 Å². The minimum absolute atomic E-state index is 0.139. The van der Waals surface area contributed by atoms with Crippen molar-refractivity contribution in [3.05, 3.63) is 0 Å². The molecule has 4 nitrogen and oxygen atoms in total. The molecule has 0 unspecified atom stereocenters. The van der Waals surface area contributed by atoms with Crippen LogP contribution in [0.25, 0.3) is 0 Å². The number of amides is 1. The van der Waals surface area contributed by atoms with Crippen molar-refractivity contribution >= 4 is 5.91 Å². The van der Waals surface area contributed by atoms with Crippen LogP contribution in [0.3, 0.4) is 0 Å². The lowest BCUT2D eigenvalue weighted by Gasteiger charge is -2.45. The van der Waals surface area contributed by atoms with Crippen LogP contribution >= 0.6 is 0 Å². The molecule has 0 bridgehead atoms. The molecule has 2 N–H and O–H groups in total. The van der Waals surface area contributed by atoms with E-state index in [2.05, 4.69) is 5.32 Å². The van der Waals surface area contributed by atoms with E-state index in [9.17, 15) is 9.90 Å². The van der Waals surface area contributed by atoms with Crippen molar-refractivity contribution in [2.45, 2.75) is 25.4 Å². The summed E-state index contributed by atoms with van der Waals surface area (Å²) in [5.74, 6) is 0.351.